The molecule has 9 N–H and O–H groups in total. The first-order chi connectivity index (χ1) is 14.0. The largest absolute Gasteiger partial charge is 0.370 e. The van der Waals surface area contributed by atoms with Gasteiger partial charge in [-0.1, -0.05) is 12.1 Å². The van der Waals surface area contributed by atoms with Crippen molar-refractivity contribution in [3.8, 4) is 0 Å². The van der Waals surface area contributed by atoms with Gasteiger partial charge < -0.3 is 32.7 Å². The van der Waals surface area contributed by atoms with Crippen molar-refractivity contribution in [1.82, 2.24) is 16.0 Å². The molecule has 0 aliphatic carbocycles. The molecule has 2 amide bonds. The molecule has 0 aliphatic rings. The van der Waals surface area contributed by atoms with Gasteiger partial charge in [-0.2, -0.15) is 0 Å². The van der Waals surface area contributed by atoms with Crippen LogP contribution >= 0.6 is 37.2 Å². The Labute approximate surface area is 209 Å². The minimum absolute atomic E-state index is 0. The van der Waals surface area contributed by atoms with Crippen LogP contribution in [-0.4, -0.2) is 50.5 Å². The number of hydrogen-bond acceptors (Lipinski definition) is 5. The average molecular weight is 515 g/mol. The van der Waals surface area contributed by atoms with Gasteiger partial charge in [-0.15, -0.1) is 37.2 Å². The molecule has 1 rings (SSSR count). The van der Waals surface area contributed by atoms with Crippen LogP contribution in [0.1, 0.15) is 37.7 Å². The lowest BCUT2D eigenvalue weighted by Crippen LogP contribution is -2.37. The highest BCUT2D eigenvalue weighted by atomic mass is 35.5. The molecule has 0 bridgehead atoms. The van der Waals surface area contributed by atoms with Crippen molar-refractivity contribution >= 4 is 60.7 Å². The molecule has 0 saturated heterocycles. The molecule has 0 heterocycles. The second-order valence-corrected chi connectivity index (χ2v) is 6.82. The van der Waals surface area contributed by atoms with Crippen LogP contribution in [0.25, 0.3) is 0 Å². The Morgan fingerprint density at radius 1 is 0.844 bits per heavy atom. The summed E-state index contributed by atoms with van der Waals surface area (Å²) in [6.07, 6.45) is 4.69. The number of carbonyl (C=O) groups excluding carboxylic acids is 2. The molecule has 0 atom stereocenters. The monoisotopic (exact) mass is 513 g/mol. The third-order valence-corrected chi connectivity index (χ3v) is 4.21. The Morgan fingerprint density at radius 2 is 1.47 bits per heavy atom. The van der Waals surface area contributed by atoms with E-state index >= 15 is 0 Å². The summed E-state index contributed by atoms with van der Waals surface area (Å²) in [7, 11) is 0. The zero-order valence-corrected chi connectivity index (χ0v) is 20.7. The molecule has 0 unspecified atom stereocenters. The smallest absolute Gasteiger partial charge is 0.239 e. The molecule has 9 nitrogen and oxygen atoms in total. The number of benzene rings is 1. The van der Waals surface area contributed by atoms with Gasteiger partial charge in [-0.25, -0.2) is 0 Å². The van der Waals surface area contributed by atoms with Crippen LogP contribution in [0.5, 0.6) is 0 Å². The highest BCUT2D eigenvalue weighted by molar-refractivity contribution is 5.89. The van der Waals surface area contributed by atoms with E-state index in [4.69, 9.17) is 16.9 Å². The van der Waals surface area contributed by atoms with Crippen molar-refractivity contribution in [2.75, 3.05) is 38.0 Å². The summed E-state index contributed by atoms with van der Waals surface area (Å²) in [5, 5.41) is 18.7. The Hall–Kier alpha value is -1.78. The third-order valence-electron chi connectivity index (χ3n) is 4.21. The Bertz CT molecular complexity index is 634. The number of aryl methyl sites for hydroxylation is 1. The highest BCUT2D eigenvalue weighted by Gasteiger charge is 2.05. The highest BCUT2D eigenvalue weighted by Crippen LogP contribution is 2.11. The van der Waals surface area contributed by atoms with Crippen LogP contribution in [-0.2, 0) is 16.0 Å². The summed E-state index contributed by atoms with van der Waals surface area (Å²) in [5.74, 6) is -0.393. The van der Waals surface area contributed by atoms with Crippen LogP contribution in [0, 0.1) is 5.41 Å². The summed E-state index contributed by atoms with van der Waals surface area (Å²) in [6, 6.07) is 7.56. The summed E-state index contributed by atoms with van der Waals surface area (Å²) >= 11 is 0. The third kappa shape index (κ3) is 18.9. The quantitative estimate of drug-likeness (QED) is 0.107. The molecule has 0 aliphatic heterocycles. The fraction of sp³-hybridized carbons (Fsp3) is 0.550. The Morgan fingerprint density at radius 3 is 2.09 bits per heavy atom. The number of unbranched alkanes of at least 4 members (excludes halogenated alkanes) is 1. The number of guanidine groups is 1. The van der Waals surface area contributed by atoms with Crippen LogP contribution in [0.2, 0.25) is 0 Å². The summed E-state index contributed by atoms with van der Waals surface area (Å²) in [4.78, 5) is 23.6. The summed E-state index contributed by atoms with van der Waals surface area (Å²) < 4.78 is 0. The Balaban J connectivity index is -0.00000280. The molecule has 0 spiro atoms. The van der Waals surface area contributed by atoms with E-state index in [-0.39, 0.29) is 61.5 Å². The van der Waals surface area contributed by atoms with Gasteiger partial charge in [-0.05, 0) is 69.4 Å². The van der Waals surface area contributed by atoms with E-state index in [1.807, 2.05) is 24.3 Å². The number of nitrogens with two attached hydrogens (primary N) is 2. The first kappa shape index (κ1) is 34.8. The van der Waals surface area contributed by atoms with Crippen molar-refractivity contribution in [3.05, 3.63) is 29.8 Å². The van der Waals surface area contributed by atoms with Crippen molar-refractivity contribution in [2.45, 2.75) is 38.5 Å². The van der Waals surface area contributed by atoms with Crippen LogP contribution < -0.4 is 32.7 Å². The second-order valence-electron chi connectivity index (χ2n) is 6.82. The van der Waals surface area contributed by atoms with Gasteiger partial charge in [0, 0.05) is 18.7 Å². The maximum atomic E-state index is 11.9. The summed E-state index contributed by atoms with van der Waals surface area (Å²) in [5.41, 5.74) is 12.6. The molecule has 0 aromatic heterocycles. The van der Waals surface area contributed by atoms with Gasteiger partial charge in [0.2, 0.25) is 11.8 Å². The zero-order chi connectivity index (χ0) is 21.3. The van der Waals surface area contributed by atoms with Gasteiger partial charge in [-0.3, -0.25) is 15.0 Å². The Kier molecular flexibility index (Phi) is 24.4. The molecule has 0 fully saturated rings. The molecule has 32 heavy (non-hydrogen) atoms. The van der Waals surface area contributed by atoms with Crippen molar-refractivity contribution in [3.63, 3.8) is 0 Å². The minimum atomic E-state index is -0.164. The molecule has 1 aromatic rings. The first-order valence-electron chi connectivity index (χ1n) is 10.2. The maximum absolute atomic E-state index is 11.9. The fourth-order valence-corrected chi connectivity index (χ4v) is 2.65. The SMILES string of the molecule is Cl.Cl.Cl.N=C(N)Nc1ccc(CCCC(=O)NCC(=O)NCCCCNCCCN)cc1. The minimum Gasteiger partial charge on any atom is -0.370 e. The van der Waals surface area contributed by atoms with Gasteiger partial charge >= 0.3 is 0 Å². The summed E-state index contributed by atoms with van der Waals surface area (Å²) in [6.45, 7) is 3.17. The first-order valence-corrected chi connectivity index (χ1v) is 10.2. The van der Waals surface area contributed by atoms with Crippen LogP contribution in [0.4, 0.5) is 5.69 Å². The predicted octanol–water partition coefficient (Wildman–Crippen LogP) is 1.53. The van der Waals surface area contributed by atoms with E-state index in [0.717, 1.165) is 50.0 Å². The lowest BCUT2D eigenvalue weighted by molar-refractivity contribution is -0.126. The average Bonchev–Trinajstić information content (AvgIpc) is 2.69. The lowest BCUT2D eigenvalue weighted by atomic mass is 10.1. The number of hydrogen-bond donors (Lipinski definition) is 7. The second kappa shape index (κ2) is 22.4. The predicted molar refractivity (Wildman–Crippen MR) is 138 cm³/mol. The van der Waals surface area contributed by atoms with E-state index in [1.165, 1.54) is 0 Å². The fourth-order valence-electron chi connectivity index (χ4n) is 2.65. The number of carbonyl (C=O) groups is 2. The van der Waals surface area contributed by atoms with Gasteiger partial charge in [0.05, 0.1) is 6.54 Å². The normalized spacial score (nSPS) is 9.41. The molecule has 0 radical (unpaired) electrons. The van der Waals surface area contributed by atoms with Crippen molar-refractivity contribution < 1.29 is 9.59 Å². The van der Waals surface area contributed by atoms with Crippen LogP contribution in [0.15, 0.2) is 24.3 Å². The molecular weight excluding hydrogens is 477 g/mol. The molecule has 12 heteroatoms. The molecular formula is C20H38Cl3N7O2. The topological polar surface area (TPSA) is 158 Å². The van der Waals surface area contributed by atoms with Crippen LogP contribution in [0.3, 0.4) is 0 Å². The molecule has 186 valence electrons. The number of anilines is 1. The van der Waals surface area contributed by atoms with Gasteiger partial charge in [0.25, 0.3) is 0 Å². The zero-order valence-electron chi connectivity index (χ0n) is 18.3. The van der Waals surface area contributed by atoms with E-state index in [9.17, 15) is 9.59 Å². The number of nitrogens with one attached hydrogen (secondary N) is 5. The standard InChI is InChI=1S/C20H35N7O2.3ClH/c21-11-4-13-24-12-1-2-14-25-19(29)15-26-18(28)6-3-5-16-7-9-17(10-8-16)27-20(22)23;;;/h7-10,24H,1-6,11-15,21H2,(H,25,29)(H,26,28)(H4,22,23,27);3*1H. The lowest BCUT2D eigenvalue weighted by Gasteiger charge is -2.08. The van der Waals surface area contributed by atoms with E-state index in [1.54, 1.807) is 0 Å². The van der Waals surface area contributed by atoms with Crippen molar-refractivity contribution in [1.29, 1.82) is 5.41 Å². The van der Waals surface area contributed by atoms with Gasteiger partial charge in [0.1, 0.15) is 0 Å². The number of rotatable bonds is 15. The number of amides is 2. The molecule has 0 saturated carbocycles. The van der Waals surface area contributed by atoms with Gasteiger partial charge in [0.15, 0.2) is 5.96 Å². The van der Waals surface area contributed by atoms with E-state index in [2.05, 4.69) is 21.3 Å². The van der Waals surface area contributed by atoms with E-state index < -0.39 is 0 Å². The van der Waals surface area contributed by atoms with E-state index in [0.29, 0.717) is 25.9 Å². The molecule has 1 aromatic carbocycles. The van der Waals surface area contributed by atoms with Crippen molar-refractivity contribution in [2.24, 2.45) is 11.5 Å². The maximum Gasteiger partial charge on any atom is 0.239 e. The number of halogens is 3.